The van der Waals surface area contributed by atoms with E-state index in [-0.39, 0.29) is 11.5 Å². The second-order valence-electron chi connectivity index (χ2n) is 3.12. The molecule has 1 aromatic heterocycles. The van der Waals surface area contributed by atoms with E-state index in [1.54, 1.807) is 24.3 Å². The number of hydrogen-bond acceptors (Lipinski definition) is 4. The lowest BCUT2D eigenvalue weighted by atomic mass is 10.2. The summed E-state index contributed by atoms with van der Waals surface area (Å²) in [5, 5.41) is 9.39. The molecule has 0 amide bonds. The second kappa shape index (κ2) is 4.17. The van der Waals surface area contributed by atoms with Gasteiger partial charge in [0.2, 0.25) is 0 Å². The quantitative estimate of drug-likeness (QED) is 0.815. The summed E-state index contributed by atoms with van der Waals surface area (Å²) in [6, 6.07) is 10.4. The van der Waals surface area contributed by atoms with E-state index in [2.05, 4.69) is 9.97 Å². The van der Waals surface area contributed by atoms with Gasteiger partial charge in [-0.15, -0.1) is 0 Å². The summed E-state index contributed by atoms with van der Waals surface area (Å²) >= 11 is 5.77. The van der Waals surface area contributed by atoms with Crippen LogP contribution in [0, 0.1) is 11.3 Å². The molecule has 0 saturated carbocycles. The predicted octanol–water partition coefficient (Wildman–Crippen LogP) is 2.25. The molecule has 0 aliphatic carbocycles. The zero-order chi connectivity index (χ0) is 11.5. The first-order valence-electron chi connectivity index (χ1n) is 4.49. The van der Waals surface area contributed by atoms with Gasteiger partial charge in [0, 0.05) is 16.7 Å². The molecule has 0 saturated heterocycles. The lowest BCUT2D eigenvalue weighted by Crippen LogP contribution is -1.97. The minimum Gasteiger partial charge on any atom is -0.384 e. The van der Waals surface area contributed by atoms with Crippen molar-refractivity contribution in [2.24, 2.45) is 0 Å². The number of nitriles is 1. The van der Waals surface area contributed by atoms with E-state index in [1.165, 1.54) is 6.07 Å². The van der Waals surface area contributed by atoms with E-state index in [9.17, 15) is 0 Å². The number of aromatic nitrogens is 2. The second-order valence-corrected chi connectivity index (χ2v) is 3.56. The third kappa shape index (κ3) is 2.10. The van der Waals surface area contributed by atoms with Gasteiger partial charge in [0.15, 0.2) is 5.82 Å². The number of nitrogen functional groups attached to an aromatic ring is 1. The normalized spacial score (nSPS) is 9.75. The van der Waals surface area contributed by atoms with Gasteiger partial charge in [-0.2, -0.15) is 5.26 Å². The number of rotatable bonds is 1. The van der Waals surface area contributed by atoms with Gasteiger partial charge in [0.1, 0.15) is 17.6 Å². The van der Waals surface area contributed by atoms with Crippen LogP contribution in [-0.4, -0.2) is 9.97 Å². The van der Waals surface area contributed by atoms with Gasteiger partial charge in [-0.1, -0.05) is 11.6 Å². The topological polar surface area (TPSA) is 75.6 Å². The van der Waals surface area contributed by atoms with Crippen LogP contribution in [0.5, 0.6) is 0 Å². The maximum atomic E-state index is 8.76. The number of nitrogens with two attached hydrogens (primary N) is 1. The first-order valence-corrected chi connectivity index (χ1v) is 4.87. The molecule has 0 atom stereocenters. The Morgan fingerprint density at radius 2 is 1.88 bits per heavy atom. The Bertz CT molecular complexity index is 557. The zero-order valence-corrected chi connectivity index (χ0v) is 8.94. The Labute approximate surface area is 97.3 Å². The maximum absolute atomic E-state index is 8.76. The van der Waals surface area contributed by atoms with E-state index in [0.29, 0.717) is 10.8 Å². The van der Waals surface area contributed by atoms with Gasteiger partial charge < -0.3 is 5.73 Å². The van der Waals surface area contributed by atoms with Crippen molar-refractivity contribution in [3.05, 3.63) is 41.0 Å². The Kier molecular flexibility index (Phi) is 2.71. The highest BCUT2D eigenvalue weighted by Crippen LogP contribution is 2.19. The van der Waals surface area contributed by atoms with Crippen molar-refractivity contribution in [2.75, 3.05) is 5.73 Å². The van der Waals surface area contributed by atoms with Gasteiger partial charge in [-0.3, -0.25) is 0 Å². The number of hydrogen-bond donors (Lipinski definition) is 1. The molecule has 16 heavy (non-hydrogen) atoms. The van der Waals surface area contributed by atoms with Gasteiger partial charge in [0.25, 0.3) is 0 Å². The summed E-state index contributed by atoms with van der Waals surface area (Å²) in [6.45, 7) is 0. The van der Waals surface area contributed by atoms with E-state index in [0.717, 1.165) is 5.56 Å². The first kappa shape index (κ1) is 10.4. The average Bonchev–Trinajstić information content (AvgIpc) is 2.29. The predicted molar refractivity (Wildman–Crippen MR) is 61.6 cm³/mol. The summed E-state index contributed by atoms with van der Waals surface area (Å²) in [5.41, 5.74) is 6.59. The minimum atomic E-state index is 0.248. The molecule has 4 nitrogen and oxygen atoms in total. The van der Waals surface area contributed by atoms with Crippen LogP contribution >= 0.6 is 11.6 Å². The number of nitrogens with zero attached hydrogens (tertiary/aromatic N) is 3. The van der Waals surface area contributed by atoms with Crippen LogP contribution in [0.25, 0.3) is 11.4 Å². The number of benzene rings is 1. The van der Waals surface area contributed by atoms with Crippen LogP contribution in [0.2, 0.25) is 5.02 Å². The fourth-order valence-corrected chi connectivity index (χ4v) is 1.38. The lowest BCUT2D eigenvalue weighted by molar-refractivity contribution is 1.16. The molecule has 2 aromatic rings. The van der Waals surface area contributed by atoms with Crippen LogP contribution in [0.3, 0.4) is 0 Å². The van der Waals surface area contributed by atoms with Crippen molar-refractivity contribution in [3.8, 4) is 17.5 Å². The first-order chi connectivity index (χ1) is 7.69. The molecule has 0 aliphatic rings. The highest BCUT2D eigenvalue weighted by atomic mass is 35.5. The summed E-state index contributed by atoms with van der Waals surface area (Å²) in [7, 11) is 0. The highest BCUT2D eigenvalue weighted by molar-refractivity contribution is 6.30. The SMILES string of the molecule is N#Cc1cc(N)nc(-c2ccc(Cl)cc2)n1. The van der Waals surface area contributed by atoms with Crippen LogP contribution in [0.4, 0.5) is 5.82 Å². The van der Waals surface area contributed by atoms with Crippen LogP contribution in [0.15, 0.2) is 30.3 Å². The molecule has 2 rings (SSSR count). The van der Waals surface area contributed by atoms with Crippen molar-refractivity contribution in [1.29, 1.82) is 5.26 Å². The Morgan fingerprint density at radius 1 is 1.19 bits per heavy atom. The number of halogens is 1. The van der Waals surface area contributed by atoms with E-state index in [1.807, 2.05) is 6.07 Å². The Balaban J connectivity index is 2.52. The van der Waals surface area contributed by atoms with Crippen molar-refractivity contribution in [1.82, 2.24) is 9.97 Å². The third-order valence-electron chi connectivity index (χ3n) is 1.96. The van der Waals surface area contributed by atoms with Crippen molar-refractivity contribution < 1.29 is 0 Å². The summed E-state index contributed by atoms with van der Waals surface area (Å²) in [5.74, 6) is 0.699. The average molecular weight is 231 g/mol. The fraction of sp³-hybridized carbons (Fsp3) is 0. The van der Waals surface area contributed by atoms with Gasteiger partial charge in [0.05, 0.1) is 0 Å². The van der Waals surface area contributed by atoms with Crippen LogP contribution in [0.1, 0.15) is 5.69 Å². The van der Waals surface area contributed by atoms with Crippen LogP contribution in [-0.2, 0) is 0 Å². The Morgan fingerprint density at radius 3 is 2.50 bits per heavy atom. The van der Waals surface area contributed by atoms with E-state index >= 15 is 0 Å². The van der Waals surface area contributed by atoms with Gasteiger partial charge in [-0.25, -0.2) is 9.97 Å². The van der Waals surface area contributed by atoms with Gasteiger partial charge >= 0.3 is 0 Å². The fourth-order valence-electron chi connectivity index (χ4n) is 1.25. The third-order valence-corrected chi connectivity index (χ3v) is 2.21. The highest BCUT2D eigenvalue weighted by Gasteiger charge is 2.04. The minimum absolute atomic E-state index is 0.248. The molecule has 1 aromatic carbocycles. The van der Waals surface area contributed by atoms with Crippen molar-refractivity contribution in [2.45, 2.75) is 0 Å². The molecule has 0 unspecified atom stereocenters. The van der Waals surface area contributed by atoms with Crippen LogP contribution < -0.4 is 5.73 Å². The molecular formula is C11H7ClN4. The number of anilines is 1. The standard InChI is InChI=1S/C11H7ClN4/c12-8-3-1-7(2-4-8)11-15-9(6-13)5-10(14)16-11/h1-5H,(H2,14,15,16). The lowest BCUT2D eigenvalue weighted by Gasteiger charge is -2.01. The summed E-state index contributed by atoms with van der Waals surface area (Å²) < 4.78 is 0. The maximum Gasteiger partial charge on any atom is 0.162 e. The monoisotopic (exact) mass is 230 g/mol. The van der Waals surface area contributed by atoms with Gasteiger partial charge in [-0.05, 0) is 24.3 Å². The van der Waals surface area contributed by atoms with Crippen molar-refractivity contribution in [3.63, 3.8) is 0 Å². The molecule has 0 aliphatic heterocycles. The van der Waals surface area contributed by atoms with Crippen molar-refractivity contribution >= 4 is 17.4 Å². The van der Waals surface area contributed by atoms with E-state index in [4.69, 9.17) is 22.6 Å². The summed E-state index contributed by atoms with van der Waals surface area (Å²) in [6.07, 6.45) is 0. The molecule has 2 N–H and O–H groups in total. The molecule has 0 bridgehead atoms. The Hall–Kier alpha value is -2.12. The molecule has 78 valence electrons. The molecule has 0 fully saturated rings. The largest absolute Gasteiger partial charge is 0.384 e. The molecule has 0 spiro atoms. The smallest absolute Gasteiger partial charge is 0.162 e. The zero-order valence-electron chi connectivity index (χ0n) is 8.18. The molecular weight excluding hydrogens is 224 g/mol. The summed E-state index contributed by atoms with van der Waals surface area (Å²) in [4.78, 5) is 8.11. The molecule has 5 heteroatoms. The van der Waals surface area contributed by atoms with E-state index < -0.39 is 0 Å². The molecule has 0 radical (unpaired) electrons. The molecule has 1 heterocycles.